The maximum absolute atomic E-state index is 12.8. The van der Waals surface area contributed by atoms with Crippen LogP contribution < -0.4 is 0 Å². The third-order valence-electron chi connectivity index (χ3n) is 3.60. The van der Waals surface area contributed by atoms with E-state index in [-0.39, 0.29) is 39.1 Å². The van der Waals surface area contributed by atoms with E-state index in [1.807, 2.05) is 0 Å². The Morgan fingerprint density at radius 3 is 2.57 bits per heavy atom. The third kappa shape index (κ3) is 4.12. The zero-order valence-corrected chi connectivity index (χ0v) is 15.5. The number of nitrogens with zero attached hydrogens (tertiary/aromatic N) is 1. The molecule has 1 fully saturated rings. The summed E-state index contributed by atoms with van der Waals surface area (Å²) in [5.41, 5.74) is 0. The predicted molar refractivity (Wildman–Crippen MR) is 89.6 cm³/mol. The van der Waals surface area contributed by atoms with Gasteiger partial charge < -0.3 is 4.74 Å². The Balaban J connectivity index is 2.29. The number of carbonyl (C=O) groups excluding carboxylic acids is 1. The van der Waals surface area contributed by atoms with E-state index in [4.69, 9.17) is 39.5 Å². The molecule has 0 radical (unpaired) electrons. The molecule has 0 aliphatic carbocycles. The summed E-state index contributed by atoms with van der Waals surface area (Å²) in [5.74, 6) is -0.854. The van der Waals surface area contributed by atoms with Crippen molar-refractivity contribution in [3.05, 3.63) is 27.2 Å². The van der Waals surface area contributed by atoms with Crippen LogP contribution in [0.1, 0.15) is 19.8 Å². The molecule has 0 spiro atoms. The van der Waals surface area contributed by atoms with Gasteiger partial charge in [-0.3, -0.25) is 4.79 Å². The van der Waals surface area contributed by atoms with Crippen LogP contribution in [0.2, 0.25) is 15.1 Å². The lowest BCUT2D eigenvalue weighted by atomic mass is 10.0. The van der Waals surface area contributed by atoms with Crippen molar-refractivity contribution < 1.29 is 17.9 Å². The van der Waals surface area contributed by atoms with Crippen LogP contribution in [0, 0.1) is 5.92 Å². The first-order valence-electron chi connectivity index (χ1n) is 7.08. The highest BCUT2D eigenvalue weighted by Gasteiger charge is 2.35. The van der Waals surface area contributed by atoms with Crippen molar-refractivity contribution in [3.8, 4) is 0 Å². The van der Waals surface area contributed by atoms with Crippen LogP contribution in [-0.4, -0.2) is 38.4 Å². The Labute approximate surface area is 150 Å². The molecular weight excluding hydrogens is 385 g/mol. The molecular formula is C14H16Cl3NO4S. The number of ether oxygens (including phenoxy) is 1. The van der Waals surface area contributed by atoms with E-state index in [1.54, 1.807) is 6.92 Å². The molecule has 1 unspecified atom stereocenters. The second kappa shape index (κ2) is 7.57. The molecule has 23 heavy (non-hydrogen) atoms. The Bertz CT molecular complexity index is 708. The molecule has 1 aromatic rings. The third-order valence-corrected chi connectivity index (χ3v) is 6.65. The second-order valence-corrected chi connectivity index (χ2v) is 8.28. The maximum atomic E-state index is 12.8. The van der Waals surface area contributed by atoms with Crippen LogP contribution in [0.3, 0.4) is 0 Å². The van der Waals surface area contributed by atoms with Gasteiger partial charge in [0.25, 0.3) is 0 Å². The summed E-state index contributed by atoms with van der Waals surface area (Å²) in [4.78, 5) is 11.8. The number of benzene rings is 1. The summed E-state index contributed by atoms with van der Waals surface area (Å²) < 4.78 is 31.8. The van der Waals surface area contributed by atoms with E-state index in [1.165, 1.54) is 16.4 Å². The van der Waals surface area contributed by atoms with Crippen LogP contribution in [-0.2, 0) is 19.6 Å². The minimum Gasteiger partial charge on any atom is -0.466 e. The van der Waals surface area contributed by atoms with Crippen molar-refractivity contribution in [3.63, 3.8) is 0 Å². The highest BCUT2D eigenvalue weighted by Crippen LogP contribution is 2.34. The maximum Gasteiger partial charge on any atom is 0.310 e. The average molecular weight is 401 g/mol. The topological polar surface area (TPSA) is 63.7 Å². The van der Waals surface area contributed by atoms with Crippen LogP contribution in [0.15, 0.2) is 17.0 Å². The van der Waals surface area contributed by atoms with Crippen molar-refractivity contribution in [2.75, 3.05) is 19.7 Å². The fourth-order valence-electron chi connectivity index (χ4n) is 2.45. The average Bonchev–Trinajstić information content (AvgIpc) is 2.51. The van der Waals surface area contributed by atoms with Gasteiger partial charge in [0.1, 0.15) is 4.90 Å². The van der Waals surface area contributed by atoms with E-state index in [0.29, 0.717) is 19.4 Å². The second-order valence-electron chi connectivity index (χ2n) is 5.15. The van der Waals surface area contributed by atoms with Gasteiger partial charge in [0.15, 0.2) is 0 Å². The molecule has 1 atom stereocenters. The predicted octanol–water partition coefficient (Wildman–Crippen LogP) is 3.61. The Morgan fingerprint density at radius 2 is 1.91 bits per heavy atom. The molecule has 9 heteroatoms. The SMILES string of the molecule is CCOC(=O)C1CCCN(S(=O)(=O)c2cc(Cl)c(Cl)cc2Cl)C1. The van der Waals surface area contributed by atoms with E-state index < -0.39 is 15.9 Å². The fourth-order valence-corrected chi connectivity index (χ4v) is 4.95. The van der Waals surface area contributed by atoms with Gasteiger partial charge in [-0.15, -0.1) is 0 Å². The van der Waals surface area contributed by atoms with Gasteiger partial charge >= 0.3 is 5.97 Å². The summed E-state index contributed by atoms with van der Waals surface area (Å²) in [6.07, 6.45) is 1.17. The molecule has 1 aliphatic rings. The molecule has 2 rings (SSSR count). The minimum absolute atomic E-state index is 0.00217. The molecule has 0 bridgehead atoms. The van der Waals surface area contributed by atoms with Gasteiger partial charge in [0, 0.05) is 13.1 Å². The monoisotopic (exact) mass is 399 g/mol. The smallest absolute Gasteiger partial charge is 0.310 e. The van der Waals surface area contributed by atoms with Crippen molar-refractivity contribution in [2.45, 2.75) is 24.7 Å². The standard InChI is InChI=1S/C14H16Cl3NO4S/c1-2-22-14(19)9-4-3-5-18(8-9)23(20,21)13-7-11(16)10(15)6-12(13)17/h6-7,9H,2-5,8H2,1H3. The fraction of sp³-hybridized carbons (Fsp3) is 0.500. The highest BCUT2D eigenvalue weighted by atomic mass is 35.5. The molecule has 0 aromatic heterocycles. The van der Waals surface area contributed by atoms with Gasteiger partial charge in [0.05, 0.1) is 27.6 Å². The minimum atomic E-state index is -3.86. The first kappa shape index (κ1) is 18.8. The summed E-state index contributed by atoms with van der Waals surface area (Å²) in [6.45, 7) is 2.36. The largest absolute Gasteiger partial charge is 0.466 e. The van der Waals surface area contributed by atoms with Crippen LogP contribution >= 0.6 is 34.8 Å². The van der Waals surface area contributed by atoms with Crippen LogP contribution in [0.25, 0.3) is 0 Å². The zero-order chi connectivity index (χ0) is 17.2. The molecule has 0 saturated carbocycles. The normalized spacial score (nSPS) is 19.6. The summed E-state index contributed by atoms with van der Waals surface area (Å²) in [5, 5.41) is 0.282. The number of sulfonamides is 1. The Hall–Kier alpha value is -0.530. The van der Waals surface area contributed by atoms with E-state index in [9.17, 15) is 13.2 Å². The number of halogens is 3. The Morgan fingerprint density at radius 1 is 1.26 bits per heavy atom. The first-order valence-corrected chi connectivity index (χ1v) is 9.66. The number of hydrogen-bond acceptors (Lipinski definition) is 4. The number of rotatable bonds is 4. The summed E-state index contributed by atoms with van der Waals surface area (Å²) >= 11 is 17.8. The molecule has 0 N–H and O–H groups in total. The van der Waals surface area contributed by atoms with E-state index in [0.717, 1.165) is 0 Å². The molecule has 128 valence electrons. The van der Waals surface area contributed by atoms with Crippen molar-refractivity contribution in [1.82, 2.24) is 4.31 Å². The van der Waals surface area contributed by atoms with Gasteiger partial charge in [-0.1, -0.05) is 34.8 Å². The van der Waals surface area contributed by atoms with E-state index in [2.05, 4.69) is 0 Å². The number of esters is 1. The summed E-state index contributed by atoms with van der Waals surface area (Å²) in [6, 6.07) is 2.53. The van der Waals surface area contributed by atoms with Gasteiger partial charge in [-0.25, -0.2) is 8.42 Å². The number of piperidine rings is 1. The number of carbonyl (C=O) groups is 1. The molecule has 1 heterocycles. The Kier molecular flexibility index (Phi) is 6.19. The van der Waals surface area contributed by atoms with Crippen LogP contribution in [0.4, 0.5) is 0 Å². The van der Waals surface area contributed by atoms with Gasteiger partial charge in [-0.05, 0) is 31.9 Å². The van der Waals surface area contributed by atoms with E-state index >= 15 is 0 Å². The highest BCUT2D eigenvalue weighted by molar-refractivity contribution is 7.89. The van der Waals surface area contributed by atoms with Crippen molar-refractivity contribution >= 4 is 50.8 Å². The molecule has 5 nitrogen and oxygen atoms in total. The molecule has 0 amide bonds. The lowest BCUT2D eigenvalue weighted by molar-refractivity contribution is -0.149. The summed E-state index contributed by atoms with van der Waals surface area (Å²) in [7, 11) is -3.86. The molecule has 1 aliphatic heterocycles. The van der Waals surface area contributed by atoms with Crippen molar-refractivity contribution in [2.24, 2.45) is 5.92 Å². The zero-order valence-electron chi connectivity index (χ0n) is 12.4. The number of hydrogen-bond donors (Lipinski definition) is 0. The van der Waals surface area contributed by atoms with Crippen LogP contribution in [0.5, 0.6) is 0 Å². The molecule has 1 saturated heterocycles. The van der Waals surface area contributed by atoms with Crippen molar-refractivity contribution in [1.29, 1.82) is 0 Å². The lowest BCUT2D eigenvalue weighted by Gasteiger charge is -2.31. The molecule has 1 aromatic carbocycles. The first-order chi connectivity index (χ1) is 10.8. The quantitative estimate of drug-likeness (QED) is 0.572. The van der Waals surface area contributed by atoms with Gasteiger partial charge in [-0.2, -0.15) is 4.31 Å². The van der Waals surface area contributed by atoms with Gasteiger partial charge in [0.2, 0.25) is 10.0 Å². The lowest BCUT2D eigenvalue weighted by Crippen LogP contribution is -2.42.